The van der Waals surface area contributed by atoms with Gasteiger partial charge in [0, 0.05) is 11.6 Å². The van der Waals surface area contributed by atoms with Crippen LogP contribution in [0.25, 0.3) is 16.7 Å². The quantitative estimate of drug-likeness (QED) is 0.419. The molecule has 0 radical (unpaired) electrons. The Kier molecular flexibility index (Phi) is 5.46. The molecule has 0 saturated heterocycles. The Morgan fingerprint density at radius 1 is 1.14 bits per heavy atom. The zero-order valence-corrected chi connectivity index (χ0v) is 18.5. The number of ether oxygens (including phenoxy) is 2. The van der Waals surface area contributed by atoms with Crippen molar-refractivity contribution < 1.29 is 32.2 Å². The number of amides is 1. The lowest BCUT2D eigenvalue weighted by atomic mass is 10.1. The first-order valence-electron chi connectivity index (χ1n) is 10.5. The second-order valence-electron chi connectivity index (χ2n) is 7.87. The summed E-state index contributed by atoms with van der Waals surface area (Å²) in [6, 6.07) is 7.36. The molecule has 0 fully saturated rings. The van der Waals surface area contributed by atoms with Gasteiger partial charge in [0.05, 0.1) is 23.1 Å². The van der Waals surface area contributed by atoms with E-state index in [9.17, 15) is 27.6 Å². The van der Waals surface area contributed by atoms with Crippen LogP contribution < -0.4 is 20.3 Å². The SMILES string of the molecule is CC(=O)c1cc2c(cc1NC(=O)Cn1cnc3c(cnn3-c3cccc(C(F)(F)F)c3)c1=O)OCO2. The zero-order chi connectivity index (χ0) is 25.6. The molecule has 1 amide bonds. The fourth-order valence-electron chi connectivity index (χ4n) is 3.75. The molecule has 0 spiro atoms. The summed E-state index contributed by atoms with van der Waals surface area (Å²) < 4.78 is 51.9. The lowest BCUT2D eigenvalue weighted by Gasteiger charge is -2.12. The van der Waals surface area contributed by atoms with E-state index in [2.05, 4.69) is 15.4 Å². The Labute approximate surface area is 199 Å². The molecule has 3 heterocycles. The van der Waals surface area contributed by atoms with Crippen molar-refractivity contribution in [3.05, 3.63) is 70.4 Å². The van der Waals surface area contributed by atoms with Crippen molar-refractivity contribution in [2.45, 2.75) is 19.6 Å². The highest BCUT2D eigenvalue weighted by atomic mass is 19.4. The summed E-state index contributed by atoms with van der Waals surface area (Å²) in [4.78, 5) is 41.8. The molecule has 0 atom stereocenters. The van der Waals surface area contributed by atoms with Crippen LogP contribution in [-0.4, -0.2) is 37.8 Å². The van der Waals surface area contributed by atoms with Crippen molar-refractivity contribution in [3.63, 3.8) is 0 Å². The van der Waals surface area contributed by atoms with E-state index in [-0.39, 0.29) is 40.5 Å². The van der Waals surface area contributed by atoms with Crippen LogP contribution in [-0.2, 0) is 17.5 Å². The molecule has 1 aliphatic rings. The minimum Gasteiger partial charge on any atom is -0.454 e. The van der Waals surface area contributed by atoms with Crippen molar-refractivity contribution in [1.29, 1.82) is 0 Å². The first-order chi connectivity index (χ1) is 17.1. The van der Waals surface area contributed by atoms with E-state index >= 15 is 0 Å². The summed E-state index contributed by atoms with van der Waals surface area (Å²) in [5.74, 6) is -0.199. The lowest BCUT2D eigenvalue weighted by Crippen LogP contribution is -2.28. The molecular formula is C23H16F3N5O5. The average molecular weight is 499 g/mol. The van der Waals surface area contributed by atoms with Crippen LogP contribution in [0.4, 0.5) is 18.9 Å². The van der Waals surface area contributed by atoms with Gasteiger partial charge in [0.1, 0.15) is 18.3 Å². The van der Waals surface area contributed by atoms with Gasteiger partial charge in [-0.3, -0.25) is 19.0 Å². The molecule has 1 aliphatic heterocycles. The van der Waals surface area contributed by atoms with E-state index in [0.717, 1.165) is 27.7 Å². The second-order valence-corrected chi connectivity index (χ2v) is 7.87. The van der Waals surface area contributed by atoms with Gasteiger partial charge in [-0.2, -0.15) is 18.3 Å². The number of nitrogens with one attached hydrogen (secondary N) is 1. The highest BCUT2D eigenvalue weighted by Gasteiger charge is 2.30. The molecule has 2 aromatic carbocycles. The van der Waals surface area contributed by atoms with E-state index < -0.39 is 29.8 Å². The first-order valence-corrected chi connectivity index (χ1v) is 10.5. The number of carbonyl (C=O) groups excluding carboxylic acids is 2. The minimum atomic E-state index is -4.55. The Balaban J connectivity index is 1.42. The highest BCUT2D eigenvalue weighted by Crippen LogP contribution is 2.37. The zero-order valence-electron chi connectivity index (χ0n) is 18.5. The third kappa shape index (κ3) is 4.15. The topological polar surface area (TPSA) is 117 Å². The fraction of sp³-hybridized carbons (Fsp3) is 0.174. The first kappa shape index (κ1) is 23.1. The number of nitrogens with zero attached hydrogens (tertiary/aromatic N) is 4. The van der Waals surface area contributed by atoms with Crippen LogP contribution in [0.2, 0.25) is 0 Å². The van der Waals surface area contributed by atoms with Crippen molar-refractivity contribution in [2.75, 3.05) is 12.1 Å². The van der Waals surface area contributed by atoms with Crippen molar-refractivity contribution in [3.8, 4) is 17.2 Å². The molecule has 0 bridgehead atoms. The Morgan fingerprint density at radius 3 is 2.61 bits per heavy atom. The average Bonchev–Trinajstić information content (AvgIpc) is 3.46. The van der Waals surface area contributed by atoms with Gasteiger partial charge in [-0.15, -0.1) is 0 Å². The van der Waals surface area contributed by atoms with Gasteiger partial charge in [0.15, 0.2) is 22.9 Å². The van der Waals surface area contributed by atoms with E-state index in [1.54, 1.807) is 0 Å². The van der Waals surface area contributed by atoms with E-state index in [4.69, 9.17) is 9.47 Å². The maximum atomic E-state index is 13.1. The molecule has 184 valence electrons. The molecule has 0 unspecified atom stereocenters. The predicted octanol–water partition coefficient (Wildman–Crippen LogP) is 3.17. The van der Waals surface area contributed by atoms with Gasteiger partial charge >= 0.3 is 6.18 Å². The van der Waals surface area contributed by atoms with Crippen LogP contribution in [0.5, 0.6) is 11.5 Å². The van der Waals surface area contributed by atoms with E-state index in [1.165, 1.54) is 37.4 Å². The Morgan fingerprint density at radius 2 is 1.89 bits per heavy atom. The summed E-state index contributed by atoms with van der Waals surface area (Å²) in [6.07, 6.45) is -2.28. The summed E-state index contributed by atoms with van der Waals surface area (Å²) >= 11 is 0. The summed E-state index contributed by atoms with van der Waals surface area (Å²) in [7, 11) is 0. The monoisotopic (exact) mass is 499 g/mol. The molecule has 36 heavy (non-hydrogen) atoms. The smallest absolute Gasteiger partial charge is 0.416 e. The van der Waals surface area contributed by atoms with Gasteiger partial charge in [-0.25, -0.2) is 9.67 Å². The van der Waals surface area contributed by atoms with Crippen molar-refractivity contribution in [2.24, 2.45) is 0 Å². The van der Waals surface area contributed by atoms with E-state index in [0.29, 0.717) is 11.5 Å². The van der Waals surface area contributed by atoms with Gasteiger partial charge in [-0.05, 0) is 31.2 Å². The number of aromatic nitrogens is 4. The number of carbonyl (C=O) groups is 2. The van der Waals surface area contributed by atoms with Gasteiger partial charge in [-0.1, -0.05) is 6.07 Å². The number of ketones is 1. The maximum Gasteiger partial charge on any atom is 0.416 e. The minimum absolute atomic E-state index is 0.00946. The number of fused-ring (bicyclic) bond motifs is 2. The number of rotatable bonds is 5. The molecule has 2 aromatic heterocycles. The third-order valence-electron chi connectivity index (χ3n) is 5.45. The lowest BCUT2D eigenvalue weighted by molar-refractivity contribution is -0.137. The number of halogens is 3. The highest BCUT2D eigenvalue weighted by molar-refractivity contribution is 6.04. The Bertz CT molecular complexity index is 1590. The Hall–Kier alpha value is -4.68. The van der Waals surface area contributed by atoms with Crippen LogP contribution in [0.15, 0.2) is 53.7 Å². The molecule has 0 aliphatic carbocycles. The van der Waals surface area contributed by atoms with Gasteiger partial charge in [0.25, 0.3) is 5.56 Å². The number of anilines is 1. The molecule has 10 nitrogen and oxygen atoms in total. The number of benzene rings is 2. The summed E-state index contributed by atoms with van der Waals surface area (Å²) in [5, 5.41) is 6.61. The second kappa shape index (κ2) is 8.52. The maximum absolute atomic E-state index is 13.1. The number of hydrogen-bond acceptors (Lipinski definition) is 7. The fourth-order valence-corrected chi connectivity index (χ4v) is 3.75. The van der Waals surface area contributed by atoms with Crippen LogP contribution in [0.1, 0.15) is 22.8 Å². The molecule has 0 saturated carbocycles. The number of hydrogen-bond donors (Lipinski definition) is 1. The normalized spacial score (nSPS) is 12.7. The van der Waals surface area contributed by atoms with Crippen molar-refractivity contribution in [1.82, 2.24) is 19.3 Å². The van der Waals surface area contributed by atoms with Crippen LogP contribution in [0, 0.1) is 0 Å². The van der Waals surface area contributed by atoms with Crippen LogP contribution >= 0.6 is 0 Å². The molecular weight excluding hydrogens is 483 g/mol. The number of Topliss-reactive ketones (excluding diaryl/α,β-unsaturated/α-hetero) is 1. The van der Waals surface area contributed by atoms with Gasteiger partial charge < -0.3 is 14.8 Å². The molecule has 1 N–H and O–H groups in total. The molecule has 4 aromatic rings. The third-order valence-corrected chi connectivity index (χ3v) is 5.45. The molecule has 13 heteroatoms. The van der Waals surface area contributed by atoms with Gasteiger partial charge in [0.2, 0.25) is 12.7 Å². The summed E-state index contributed by atoms with van der Waals surface area (Å²) in [6.45, 7) is 0.874. The standard InChI is InChI=1S/C23H16F3N5O5/c1-12(32)15-6-18-19(36-11-35-18)7-17(15)29-20(33)9-30-10-27-21-16(22(30)34)8-28-31(21)14-4-2-3-13(5-14)23(24,25)26/h2-8,10H,9,11H2,1H3,(H,29,33). The predicted molar refractivity (Wildman–Crippen MR) is 119 cm³/mol. The van der Waals surface area contributed by atoms with Crippen LogP contribution in [0.3, 0.4) is 0 Å². The number of alkyl halides is 3. The molecule has 5 rings (SSSR count). The summed E-state index contributed by atoms with van der Waals surface area (Å²) in [5.41, 5.74) is -0.993. The largest absolute Gasteiger partial charge is 0.454 e. The van der Waals surface area contributed by atoms with Crippen molar-refractivity contribution >= 4 is 28.4 Å². The van der Waals surface area contributed by atoms with E-state index in [1.807, 2.05) is 0 Å².